The van der Waals surface area contributed by atoms with Gasteiger partial charge in [-0.15, -0.1) is 0 Å². The molecule has 7 nitrogen and oxygen atoms in total. The van der Waals surface area contributed by atoms with Gasteiger partial charge in [0.1, 0.15) is 5.82 Å². The third-order valence-corrected chi connectivity index (χ3v) is 4.58. The molecule has 2 aromatic heterocycles. The van der Waals surface area contributed by atoms with E-state index in [-0.39, 0.29) is 11.8 Å². The van der Waals surface area contributed by atoms with Gasteiger partial charge in [0.05, 0.1) is 11.8 Å². The van der Waals surface area contributed by atoms with Gasteiger partial charge in [-0.2, -0.15) is 10.2 Å². The van der Waals surface area contributed by atoms with Gasteiger partial charge in [0, 0.05) is 37.8 Å². The zero-order chi connectivity index (χ0) is 17.2. The van der Waals surface area contributed by atoms with Crippen LogP contribution in [0.2, 0.25) is 0 Å². The molecular formula is C18H20N6O. The van der Waals surface area contributed by atoms with Gasteiger partial charge in [-0.3, -0.25) is 14.6 Å². The number of hydrogen-bond donors (Lipinski definition) is 1. The van der Waals surface area contributed by atoms with E-state index in [0.29, 0.717) is 17.9 Å². The van der Waals surface area contributed by atoms with Crippen molar-refractivity contribution < 1.29 is 4.79 Å². The lowest BCUT2D eigenvalue weighted by atomic mass is 9.97. The minimum Gasteiger partial charge on any atom is -0.338 e. The first-order valence-corrected chi connectivity index (χ1v) is 8.46. The second-order valence-electron chi connectivity index (χ2n) is 6.40. The van der Waals surface area contributed by atoms with Crippen molar-refractivity contribution in [1.82, 2.24) is 29.9 Å². The van der Waals surface area contributed by atoms with Gasteiger partial charge >= 0.3 is 0 Å². The summed E-state index contributed by atoms with van der Waals surface area (Å²) in [5.74, 6) is 1.76. The molecule has 0 bridgehead atoms. The number of likely N-dealkylation sites (tertiary alicyclic amines) is 1. The monoisotopic (exact) mass is 336 g/mol. The van der Waals surface area contributed by atoms with E-state index in [2.05, 4.69) is 20.3 Å². The first-order valence-electron chi connectivity index (χ1n) is 8.46. The van der Waals surface area contributed by atoms with E-state index < -0.39 is 0 Å². The smallest absolute Gasteiger partial charge is 0.257 e. The van der Waals surface area contributed by atoms with E-state index in [4.69, 9.17) is 0 Å². The number of amides is 1. The third-order valence-electron chi connectivity index (χ3n) is 4.58. The summed E-state index contributed by atoms with van der Waals surface area (Å²) < 4.78 is 1.65. The molecule has 0 aliphatic carbocycles. The topological polar surface area (TPSA) is 79.7 Å². The Kier molecular flexibility index (Phi) is 4.05. The Balaban J connectivity index is 1.50. The molecule has 3 heterocycles. The quantitative estimate of drug-likeness (QED) is 0.795. The largest absolute Gasteiger partial charge is 0.338 e. The van der Waals surface area contributed by atoms with Crippen molar-refractivity contribution >= 4 is 5.91 Å². The van der Waals surface area contributed by atoms with Gasteiger partial charge in [0.15, 0.2) is 5.82 Å². The number of hydrogen-bond acceptors (Lipinski definition) is 4. The SMILES string of the molecule is Cn1cc(C(=O)N2CCC[C@H](c3nc(-c4ccccc4)n[nH]3)C2)cn1. The first kappa shape index (κ1) is 15.6. The summed E-state index contributed by atoms with van der Waals surface area (Å²) in [6, 6.07) is 9.90. The van der Waals surface area contributed by atoms with Crippen LogP contribution in [-0.4, -0.2) is 48.9 Å². The number of aromatic nitrogens is 5. The van der Waals surface area contributed by atoms with Crippen LogP contribution in [0.1, 0.15) is 34.9 Å². The molecule has 1 aromatic carbocycles. The molecule has 1 N–H and O–H groups in total. The van der Waals surface area contributed by atoms with Crippen molar-refractivity contribution in [3.63, 3.8) is 0 Å². The van der Waals surface area contributed by atoms with Crippen molar-refractivity contribution in [2.75, 3.05) is 13.1 Å². The Morgan fingerprint density at radius 2 is 2.12 bits per heavy atom. The lowest BCUT2D eigenvalue weighted by Crippen LogP contribution is -2.39. The van der Waals surface area contributed by atoms with Crippen LogP contribution < -0.4 is 0 Å². The molecule has 0 saturated carbocycles. The summed E-state index contributed by atoms with van der Waals surface area (Å²) in [5, 5.41) is 11.5. The van der Waals surface area contributed by atoms with E-state index in [0.717, 1.165) is 30.8 Å². The first-order chi connectivity index (χ1) is 12.2. The Hall–Kier alpha value is -2.96. The van der Waals surface area contributed by atoms with E-state index in [1.54, 1.807) is 17.1 Å². The van der Waals surface area contributed by atoms with Gasteiger partial charge in [0.25, 0.3) is 5.91 Å². The van der Waals surface area contributed by atoms with Gasteiger partial charge in [-0.1, -0.05) is 30.3 Å². The second-order valence-corrected chi connectivity index (χ2v) is 6.40. The van der Waals surface area contributed by atoms with Crippen LogP contribution in [-0.2, 0) is 7.05 Å². The number of aromatic amines is 1. The molecule has 1 aliphatic heterocycles. The van der Waals surface area contributed by atoms with Crippen molar-refractivity contribution in [2.45, 2.75) is 18.8 Å². The summed E-state index contributed by atoms with van der Waals surface area (Å²) in [7, 11) is 1.81. The van der Waals surface area contributed by atoms with Crippen molar-refractivity contribution in [3.8, 4) is 11.4 Å². The zero-order valence-corrected chi connectivity index (χ0v) is 14.1. The lowest BCUT2D eigenvalue weighted by Gasteiger charge is -2.31. The summed E-state index contributed by atoms with van der Waals surface area (Å²) in [4.78, 5) is 19.2. The molecule has 3 aromatic rings. The van der Waals surface area contributed by atoms with E-state index in [1.807, 2.05) is 42.3 Å². The van der Waals surface area contributed by atoms with Crippen molar-refractivity contribution in [3.05, 3.63) is 54.1 Å². The highest BCUT2D eigenvalue weighted by Crippen LogP contribution is 2.26. The van der Waals surface area contributed by atoms with Gasteiger partial charge in [-0.05, 0) is 12.8 Å². The number of rotatable bonds is 3. The summed E-state index contributed by atoms with van der Waals surface area (Å²) in [6.45, 7) is 1.42. The number of nitrogens with zero attached hydrogens (tertiary/aromatic N) is 5. The van der Waals surface area contributed by atoms with Crippen LogP contribution in [0.3, 0.4) is 0 Å². The van der Waals surface area contributed by atoms with Crippen LogP contribution >= 0.6 is 0 Å². The van der Waals surface area contributed by atoms with E-state index in [9.17, 15) is 4.79 Å². The van der Waals surface area contributed by atoms with Crippen LogP contribution in [0.25, 0.3) is 11.4 Å². The highest BCUT2D eigenvalue weighted by atomic mass is 16.2. The predicted octanol–water partition coefficient (Wildman–Crippen LogP) is 2.22. The molecule has 0 unspecified atom stereocenters. The number of nitrogens with one attached hydrogen (secondary N) is 1. The summed E-state index contributed by atoms with van der Waals surface area (Å²) in [6.07, 6.45) is 5.33. The molecule has 0 spiro atoms. The fourth-order valence-corrected chi connectivity index (χ4v) is 3.27. The second kappa shape index (κ2) is 6.51. The van der Waals surface area contributed by atoms with Gasteiger partial charge in [-0.25, -0.2) is 4.98 Å². The standard InChI is InChI=1S/C18H20N6O/c1-23-11-15(10-19-23)18(25)24-9-5-8-14(12-24)17-20-16(21-22-17)13-6-3-2-4-7-13/h2-4,6-7,10-11,14H,5,8-9,12H2,1H3,(H,20,21,22)/t14-/m0/s1. The molecule has 1 saturated heterocycles. The van der Waals surface area contributed by atoms with Crippen LogP contribution in [0.5, 0.6) is 0 Å². The van der Waals surface area contributed by atoms with E-state index >= 15 is 0 Å². The number of carbonyl (C=O) groups excluding carboxylic acids is 1. The van der Waals surface area contributed by atoms with E-state index in [1.165, 1.54) is 0 Å². The fourth-order valence-electron chi connectivity index (χ4n) is 3.27. The maximum atomic E-state index is 12.6. The number of carbonyl (C=O) groups is 1. The maximum Gasteiger partial charge on any atom is 0.257 e. The predicted molar refractivity (Wildman–Crippen MR) is 92.9 cm³/mol. The number of benzene rings is 1. The molecule has 128 valence electrons. The average Bonchev–Trinajstić information content (AvgIpc) is 3.31. The fraction of sp³-hybridized carbons (Fsp3) is 0.333. The highest BCUT2D eigenvalue weighted by Gasteiger charge is 2.28. The van der Waals surface area contributed by atoms with Gasteiger partial charge in [0.2, 0.25) is 0 Å². The normalized spacial score (nSPS) is 17.6. The molecule has 1 fully saturated rings. The average molecular weight is 336 g/mol. The van der Waals surface area contributed by atoms with Gasteiger partial charge < -0.3 is 4.90 Å². The molecule has 4 rings (SSSR count). The lowest BCUT2D eigenvalue weighted by molar-refractivity contribution is 0.0704. The number of piperidine rings is 1. The zero-order valence-electron chi connectivity index (χ0n) is 14.1. The molecule has 1 atom stereocenters. The Bertz CT molecular complexity index is 869. The Labute approximate surface area is 145 Å². The molecule has 1 aliphatic rings. The summed E-state index contributed by atoms with van der Waals surface area (Å²) in [5.41, 5.74) is 1.62. The maximum absolute atomic E-state index is 12.6. The van der Waals surface area contributed by atoms with Crippen molar-refractivity contribution in [1.29, 1.82) is 0 Å². The number of aryl methyl sites for hydroxylation is 1. The van der Waals surface area contributed by atoms with Crippen LogP contribution in [0, 0.1) is 0 Å². The number of H-pyrrole nitrogens is 1. The molecule has 7 heteroatoms. The minimum absolute atomic E-state index is 0.0283. The molecule has 0 radical (unpaired) electrons. The van der Waals surface area contributed by atoms with Crippen molar-refractivity contribution in [2.24, 2.45) is 7.05 Å². The highest BCUT2D eigenvalue weighted by molar-refractivity contribution is 5.93. The van der Waals surface area contributed by atoms with Crippen LogP contribution in [0.15, 0.2) is 42.7 Å². The Morgan fingerprint density at radius 1 is 1.28 bits per heavy atom. The molecule has 25 heavy (non-hydrogen) atoms. The molecular weight excluding hydrogens is 316 g/mol. The Morgan fingerprint density at radius 3 is 2.88 bits per heavy atom. The molecule has 1 amide bonds. The third kappa shape index (κ3) is 3.17. The minimum atomic E-state index is 0.0283. The van der Waals surface area contributed by atoms with Crippen LogP contribution in [0.4, 0.5) is 0 Å². The summed E-state index contributed by atoms with van der Waals surface area (Å²) >= 11 is 0.